The van der Waals surface area contributed by atoms with E-state index in [0.717, 1.165) is 6.07 Å². The molecule has 0 bridgehead atoms. The number of carbonyl (C=O) groups is 1. The van der Waals surface area contributed by atoms with Crippen LogP contribution < -0.4 is 9.62 Å². The van der Waals surface area contributed by atoms with E-state index in [4.69, 9.17) is 34.8 Å². The number of hydrogen-bond acceptors (Lipinski definition) is 3. The summed E-state index contributed by atoms with van der Waals surface area (Å²) in [7, 11) is -4.32. The molecular formula is C21H14Cl3F3N2O3S. The van der Waals surface area contributed by atoms with Crippen molar-refractivity contribution in [2.24, 2.45) is 0 Å². The van der Waals surface area contributed by atoms with Crippen molar-refractivity contribution >= 4 is 62.1 Å². The van der Waals surface area contributed by atoms with Crippen LogP contribution in [0.25, 0.3) is 0 Å². The Hall–Kier alpha value is -2.46. The van der Waals surface area contributed by atoms with Gasteiger partial charge in [-0.25, -0.2) is 8.42 Å². The second kappa shape index (κ2) is 9.80. The molecule has 0 aliphatic carbocycles. The number of alkyl halides is 3. The normalized spacial score (nSPS) is 11.8. The molecule has 0 saturated carbocycles. The fraction of sp³-hybridized carbons (Fsp3) is 0.0952. The number of nitrogens with zero attached hydrogens (tertiary/aromatic N) is 1. The van der Waals surface area contributed by atoms with Gasteiger partial charge in [0.25, 0.3) is 10.0 Å². The Balaban J connectivity index is 2.01. The molecule has 0 spiro atoms. The zero-order chi connectivity index (χ0) is 24.4. The molecule has 1 N–H and O–H groups in total. The molecule has 5 nitrogen and oxygen atoms in total. The van der Waals surface area contributed by atoms with E-state index in [1.807, 2.05) is 0 Å². The molecule has 0 atom stereocenters. The number of benzene rings is 3. The largest absolute Gasteiger partial charge is 0.418 e. The molecule has 0 radical (unpaired) electrons. The molecule has 0 aliphatic heterocycles. The first-order valence-electron chi connectivity index (χ1n) is 9.09. The summed E-state index contributed by atoms with van der Waals surface area (Å²) < 4.78 is 67.3. The van der Waals surface area contributed by atoms with Crippen molar-refractivity contribution in [3.8, 4) is 0 Å². The highest BCUT2D eigenvalue weighted by Gasteiger charge is 2.35. The van der Waals surface area contributed by atoms with Crippen LogP contribution in [0, 0.1) is 0 Å². The summed E-state index contributed by atoms with van der Waals surface area (Å²) in [5.74, 6) is -1.03. The minimum absolute atomic E-state index is 0.0720. The Morgan fingerprint density at radius 3 is 2.12 bits per heavy atom. The third-order valence-electron chi connectivity index (χ3n) is 4.36. The van der Waals surface area contributed by atoms with E-state index in [1.54, 1.807) is 6.07 Å². The lowest BCUT2D eigenvalue weighted by Gasteiger charge is -2.25. The molecule has 1 amide bonds. The predicted octanol–water partition coefficient (Wildman–Crippen LogP) is 6.50. The van der Waals surface area contributed by atoms with Gasteiger partial charge < -0.3 is 5.32 Å². The maximum absolute atomic E-state index is 13.4. The van der Waals surface area contributed by atoms with Crippen molar-refractivity contribution < 1.29 is 26.4 Å². The molecule has 3 aromatic carbocycles. The summed E-state index contributed by atoms with van der Waals surface area (Å²) >= 11 is 17.7. The number of anilines is 2. The van der Waals surface area contributed by atoms with Crippen molar-refractivity contribution in [1.82, 2.24) is 0 Å². The average Bonchev–Trinajstić information content (AvgIpc) is 2.73. The predicted molar refractivity (Wildman–Crippen MR) is 123 cm³/mol. The van der Waals surface area contributed by atoms with E-state index >= 15 is 0 Å². The Morgan fingerprint density at radius 1 is 0.909 bits per heavy atom. The highest BCUT2D eigenvalue weighted by Crippen LogP contribution is 2.37. The Bertz CT molecular complexity index is 1290. The summed E-state index contributed by atoms with van der Waals surface area (Å²) in [5.41, 5.74) is -1.83. The molecule has 0 aliphatic rings. The summed E-state index contributed by atoms with van der Waals surface area (Å²) in [4.78, 5) is 12.6. The van der Waals surface area contributed by atoms with Gasteiger partial charge in [-0.3, -0.25) is 9.10 Å². The quantitative estimate of drug-likeness (QED) is 0.390. The van der Waals surface area contributed by atoms with Gasteiger partial charge >= 0.3 is 6.18 Å². The molecule has 3 rings (SSSR count). The highest BCUT2D eigenvalue weighted by atomic mass is 35.5. The van der Waals surface area contributed by atoms with Crippen molar-refractivity contribution in [2.45, 2.75) is 11.1 Å². The molecule has 3 aromatic rings. The van der Waals surface area contributed by atoms with Crippen LogP contribution in [0.2, 0.25) is 15.1 Å². The first-order valence-corrected chi connectivity index (χ1v) is 11.7. The number of nitrogens with one attached hydrogen (secondary N) is 1. The van der Waals surface area contributed by atoms with Crippen LogP contribution in [0.5, 0.6) is 0 Å². The van der Waals surface area contributed by atoms with Gasteiger partial charge in [-0.05, 0) is 48.5 Å². The van der Waals surface area contributed by atoms with Crippen molar-refractivity contribution in [3.63, 3.8) is 0 Å². The summed E-state index contributed by atoms with van der Waals surface area (Å²) in [5, 5.41) is 2.08. The maximum Gasteiger partial charge on any atom is 0.418 e. The van der Waals surface area contributed by atoms with Gasteiger partial charge in [0.15, 0.2) is 0 Å². The number of rotatable bonds is 6. The minimum Gasteiger partial charge on any atom is -0.324 e. The Kier molecular flexibility index (Phi) is 7.48. The van der Waals surface area contributed by atoms with E-state index in [9.17, 15) is 26.4 Å². The number of hydrogen-bond donors (Lipinski definition) is 1. The zero-order valence-corrected chi connectivity index (χ0v) is 19.5. The number of halogens is 6. The molecule has 0 heterocycles. The van der Waals surface area contributed by atoms with Gasteiger partial charge in [0.05, 0.1) is 26.9 Å². The summed E-state index contributed by atoms with van der Waals surface area (Å²) in [6.45, 7) is -0.863. The smallest absolute Gasteiger partial charge is 0.324 e. The second-order valence-corrected chi connectivity index (χ2v) is 9.80. The Morgan fingerprint density at radius 2 is 1.52 bits per heavy atom. The van der Waals surface area contributed by atoms with Crippen LogP contribution in [-0.2, 0) is 21.0 Å². The monoisotopic (exact) mass is 536 g/mol. The van der Waals surface area contributed by atoms with Crippen LogP contribution in [0.3, 0.4) is 0 Å². The average molecular weight is 538 g/mol. The van der Waals surface area contributed by atoms with Gasteiger partial charge in [-0.2, -0.15) is 13.2 Å². The molecule has 174 valence electrons. The molecule has 0 unspecified atom stereocenters. The van der Waals surface area contributed by atoms with Crippen molar-refractivity contribution in [2.75, 3.05) is 16.2 Å². The van der Waals surface area contributed by atoms with Crippen LogP contribution in [0.15, 0.2) is 71.6 Å². The Labute approximate surface area is 202 Å². The first kappa shape index (κ1) is 25.2. The topological polar surface area (TPSA) is 66.5 Å². The maximum atomic E-state index is 13.4. The minimum atomic E-state index is -4.80. The van der Waals surface area contributed by atoms with Gasteiger partial charge in [0.1, 0.15) is 6.54 Å². The molecule has 0 saturated heterocycles. The van der Waals surface area contributed by atoms with Crippen LogP contribution >= 0.6 is 34.8 Å². The molecular weight excluding hydrogens is 524 g/mol. The van der Waals surface area contributed by atoms with Crippen LogP contribution in [0.4, 0.5) is 24.5 Å². The van der Waals surface area contributed by atoms with E-state index in [1.165, 1.54) is 48.5 Å². The summed E-state index contributed by atoms with van der Waals surface area (Å²) in [6, 6.07) is 13.9. The third-order valence-corrected chi connectivity index (χ3v) is 6.90. The third kappa shape index (κ3) is 5.92. The lowest BCUT2D eigenvalue weighted by Crippen LogP contribution is -2.38. The van der Waals surface area contributed by atoms with E-state index in [-0.39, 0.29) is 25.7 Å². The molecule has 0 aromatic heterocycles. The highest BCUT2D eigenvalue weighted by molar-refractivity contribution is 7.92. The van der Waals surface area contributed by atoms with Gasteiger partial charge in [0.2, 0.25) is 5.91 Å². The molecule has 33 heavy (non-hydrogen) atoms. The lowest BCUT2D eigenvalue weighted by atomic mass is 10.1. The van der Waals surface area contributed by atoms with Crippen molar-refractivity contribution in [3.05, 3.63) is 87.4 Å². The van der Waals surface area contributed by atoms with E-state index in [0.29, 0.717) is 10.4 Å². The van der Waals surface area contributed by atoms with E-state index in [2.05, 4.69) is 5.32 Å². The van der Waals surface area contributed by atoms with E-state index < -0.39 is 39.9 Å². The number of amides is 1. The second-order valence-electron chi connectivity index (χ2n) is 6.66. The number of sulfonamides is 1. The lowest BCUT2D eigenvalue weighted by molar-refractivity contribution is -0.137. The molecule has 0 fully saturated rings. The molecule has 12 heteroatoms. The van der Waals surface area contributed by atoms with Gasteiger partial charge in [-0.1, -0.05) is 53.0 Å². The standard InChI is InChI=1S/C21H14Cl3F3N2O3S/c22-13-6-8-18(16(10-13)21(25,26)27)28-20(30)12-29(19-9-7-14(23)11-17(19)24)33(31,32)15-4-2-1-3-5-15/h1-11H,12H2,(H,28,30). The first-order chi connectivity index (χ1) is 15.4. The van der Waals surface area contributed by atoms with Gasteiger partial charge in [0, 0.05) is 10.0 Å². The van der Waals surface area contributed by atoms with Crippen LogP contribution in [0.1, 0.15) is 5.56 Å². The van der Waals surface area contributed by atoms with Crippen molar-refractivity contribution in [1.29, 1.82) is 0 Å². The SMILES string of the molecule is O=C(CN(c1ccc(Cl)cc1Cl)S(=O)(=O)c1ccccc1)Nc1ccc(Cl)cc1C(F)(F)F. The fourth-order valence-electron chi connectivity index (χ4n) is 2.88. The fourth-order valence-corrected chi connectivity index (χ4v) is 5.08. The summed E-state index contributed by atoms with van der Waals surface area (Å²) in [6.07, 6.45) is -4.80. The van der Waals surface area contributed by atoms with Gasteiger partial charge in [-0.15, -0.1) is 0 Å². The zero-order valence-electron chi connectivity index (χ0n) is 16.4. The van der Waals surface area contributed by atoms with Crippen LogP contribution in [-0.4, -0.2) is 20.9 Å². The number of carbonyl (C=O) groups excluding carboxylic acids is 1.